The van der Waals surface area contributed by atoms with Crippen LogP contribution in [0.25, 0.3) is 0 Å². The number of hydrogen-bond donors (Lipinski definition) is 2. The molecule has 0 unspecified atom stereocenters. The van der Waals surface area contributed by atoms with E-state index in [4.69, 9.17) is 23.7 Å². The highest BCUT2D eigenvalue weighted by Crippen LogP contribution is 2.33. The van der Waals surface area contributed by atoms with Crippen molar-refractivity contribution in [1.82, 2.24) is 5.32 Å². The fraction of sp³-hybridized carbons (Fsp3) is 0.611. The van der Waals surface area contributed by atoms with Gasteiger partial charge in [-0.3, -0.25) is 4.79 Å². The van der Waals surface area contributed by atoms with E-state index in [1.54, 1.807) is 45.2 Å². The Morgan fingerprint density at radius 1 is 1.35 bits per heavy atom. The number of hydrogen-bond acceptors (Lipinski definition) is 7. The largest absolute Gasteiger partial charge is 0.497 e. The number of rotatable bonds is 4. The SMILES string of the molecule is COc1cccc(O[C@H]2O[C@@H]3COC(C)(C)O[C@@H]3[C@H](O)[C@@H]2NC(C)=O)c1. The molecule has 2 saturated heterocycles. The predicted octanol–water partition coefficient (Wildman–Crippen LogP) is 0.816. The third-order valence-electron chi connectivity index (χ3n) is 4.35. The number of amides is 1. The molecule has 0 bridgehead atoms. The number of ether oxygens (including phenoxy) is 5. The van der Waals surface area contributed by atoms with E-state index in [1.165, 1.54) is 6.92 Å². The Morgan fingerprint density at radius 2 is 2.08 bits per heavy atom. The number of carbonyl (C=O) groups excluding carboxylic acids is 1. The summed E-state index contributed by atoms with van der Waals surface area (Å²) in [4.78, 5) is 11.6. The Hall–Kier alpha value is -1.87. The van der Waals surface area contributed by atoms with Gasteiger partial charge in [0.05, 0.1) is 13.7 Å². The maximum absolute atomic E-state index is 11.6. The molecule has 26 heavy (non-hydrogen) atoms. The highest BCUT2D eigenvalue weighted by atomic mass is 16.8. The fourth-order valence-corrected chi connectivity index (χ4v) is 3.14. The second kappa shape index (κ2) is 7.40. The predicted molar refractivity (Wildman–Crippen MR) is 90.8 cm³/mol. The van der Waals surface area contributed by atoms with Crippen LogP contribution in [0, 0.1) is 0 Å². The molecular formula is C18H25NO7. The third kappa shape index (κ3) is 4.09. The van der Waals surface area contributed by atoms with E-state index in [-0.39, 0.29) is 12.5 Å². The van der Waals surface area contributed by atoms with E-state index < -0.39 is 36.4 Å². The van der Waals surface area contributed by atoms with E-state index in [0.29, 0.717) is 11.5 Å². The van der Waals surface area contributed by atoms with Crippen LogP contribution < -0.4 is 14.8 Å². The van der Waals surface area contributed by atoms with Gasteiger partial charge >= 0.3 is 0 Å². The number of nitrogens with one attached hydrogen (secondary N) is 1. The molecule has 2 aliphatic heterocycles. The van der Waals surface area contributed by atoms with E-state index >= 15 is 0 Å². The summed E-state index contributed by atoms with van der Waals surface area (Å²) in [6, 6.07) is 6.21. The minimum Gasteiger partial charge on any atom is -0.497 e. The summed E-state index contributed by atoms with van der Waals surface area (Å²) in [6.45, 7) is 5.15. The van der Waals surface area contributed by atoms with Crippen molar-refractivity contribution in [2.45, 2.75) is 57.2 Å². The average molecular weight is 367 g/mol. The lowest BCUT2D eigenvalue weighted by Crippen LogP contribution is -2.69. The zero-order valence-corrected chi connectivity index (χ0v) is 15.3. The van der Waals surface area contributed by atoms with E-state index in [1.807, 2.05) is 0 Å². The van der Waals surface area contributed by atoms with Crippen molar-refractivity contribution in [3.63, 3.8) is 0 Å². The van der Waals surface area contributed by atoms with Gasteiger partial charge < -0.3 is 34.1 Å². The molecule has 0 aliphatic carbocycles. The molecule has 8 heteroatoms. The van der Waals surface area contributed by atoms with Crippen LogP contribution in [0.15, 0.2) is 24.3 Å². The van der Waals surface area contributed by atoms with Gasteiger partial charge in [0.1, 0.15) is 35.9 Å². The molecule has 0 spiro atoms. The first-order valence-electron chi connectivity index (χ1n) is 8.52. The minimum atomic E-state index is -1.02. The summed E-state index contributed by atoms with van der Waals surface area (Å²) in [6.07, 6.45) is -3.08. The summed E-state index contributed by atoms with van der Waals surface area (Å²) < 4.78 is 28.5. The van der Waals surface area contributed by atoms with E-state index in [2.05, 4.69) is 5.32 Å². The van der Waals surface area contributed by atoms with Gasteiger partial charge in [-0.15, -0.1) is 0 Å². The molecule has 1 aromatic rings. The van der Waals surface area contributed by atoms with Crippen molar-refractivity contribution in [3.05, 3.63) is 24.3 Å². The molecule has 0 aromatic heterocycles. The smallest absolute Gasteiger partial charge is 0.223 e. The van der Waals surface area contributed by atoms with Crippen molar-refractivity contribution in [1.29, 1.82) is 0 Å². The first-order chi connectivity index (χ1) is 12.3. The molecule has 5 atom stereocenters. The van der Waals surface area contributed by atoms with Crippen LogP contribution in [0.3, 0.4) is 0 Å². The summed E-state index contributed by atoms with van der Waals surface area (Å²) in [5.41, 5.74) is 0. The number of methoxy groups -OCH3 is 1. The van der Waals surface area contributed by atoms with Gasteiger partial charge in [-0.05, 0) is 26.0 Å². The molecule has 1 aromatic carbocycles. The summed E-state index contributed by atoms with van der Waals surface area (Å²) in [5.74, 6) is -0.0267. The minimum absolute atomic E-state index is 0.249. The number of fused-ring (bicyclic) bond motifs is 1. The van der Waals surface area contributed by atoms with Gasteiger partial charge in [0.2, 0.25) is 12.2 Å². The highest BCUT2D eigenvalue weighted by molar-refractivity contribution is 5.73. The number of benzene rings is 1. The maximum Gasteiger partial charge on any atom is 0.223 e. The Balaban J connectivity index is 1.81. The summed E-state index contributed by atoms with van der Waals surface area (Å²) in [7, 11) is 1.56. The van der Waals surface area contributed by atoms with Crippen molar-refractivity contribution in [2.24, 2.45) is 0 Å². The molecule has 0 radical (unpaired) electrons. The van der Waals surface area contributed by atoms with Gasteiger partial charge in [-0.1, -0.05) is 6.07 Å². The molecular weight excluding hydrogens is 342 g/mol. The van der Waals surface area contributed by atoms with Crippen LogP contribution in [0.5, 0.6) is 11.5 Å². The number of carbonyl (C=O) groups is 1. The lowest BCUT2D eigenvalue weighted by atomic mass is 9.95. The van der Waals surface area contributed by atoms with Crippen molar-refractivity contribution in [3.8, 4) is 11.5 Å². The molecule has 2 aliphatic rings. The quantitative estimate of drug-likeness (QED) is 0.813. The van der Waals surface area contributed by atoms with Gasteiger partial charge in [0.15, 0.2) is 5.79 Å². The first-order valence-corrected chi connectivity index (χ1v) is 8.52. The van der Waals surface area contributed by atoms with Gasteiger partial charge in [-0.25, -0.2) is 0 Å². The third-order valence-corrected chi connectivity index (χ3v) is 4.35. The molecule has 2 N–H and O–H groups in total. The average Bonchev–Trinajstić information content (AvgIpc) is 2.58. The van der Waals surface area contributed by atoms with Gasteiger partial charge in [-0.2, -0.15) is 0 Å². The Labute approximate surface area is 152 Å². The number of aliphatic hydroxyl groups is 1. The van der Waals surface area contributed by atoms with Crippen LogP contribution in [-0.4, -0.2) is 61.2 Å². The molecule has 144 valence electrons. The van der Waals surface area contributed by atoms with E-state index in [9.17, 15) is 9.90 Å². The lowest BCUT2D eigenvalue weighted by Gasteiger charge is -2.49. The van der Waals surface area contributed by atoms with Crippen LogP contribution in [0.4, 0.5) is 0 Å². The molecule has 0 saturated carbocycles. The Morgan fingerprint density at radius 3 is 2.77 bits per heavy atom. The van der Waals surface area contributed by atoms with Crippen LogP contribution in [0.1, 0.15) is 20.8 Å². The zero-order valence-electron chi connectivity index (χ0n) is 15.3. The maximum atomic E-state index is 11.6. The summed E-state index contributed by atoms with van der Waals surface area (Å²) in [5, 5.41) is 13.5. The van der Waals surface area contributed by atoms with Crippen molar-refractivity contribution < 1.29 is 33.6 Å². The Kier molecular flexibility index (Phi) is 5.38. The molecule has 8 nitrogen and oxygen atoms in total. The second-order valence-corrected chi connectivity index (χ2v) is 6.85. The molecule has 2 heterocycles. The summed E-state index contributed by atoms with van der Waals surface area (Å²) >= 11 is 0. The normalized spacial score (nSPS) is 33.0. The molecule has 1 amide bonds. The second-order valence-electron chi connectivity index (χ2n) is 6.85. The lowest BCUT2D eigenvalue weighted by molar-refractivity contribution is -0.361. The highest BCUT2D eigenvalue weighted by Gasteiger charge is 2.52. The van der Waals surface area contributed by atoms with Crippen LogP contribution in [-0.2, 0) is 19.0 Å². The van der Waals surface area contributed by atoms with E-state index in [0.717, 1.165) is 0 Å². The first kappa shape index (κ1) is 18.9. The number of aliphatic hydroxyl groups excluding tert-OH is 1. The Bertz CT molecular complexity index is 650. The fourth-order valence-electron chi connectivity index (χ4n) is 3.14. The van der Waals surface area contributed by atoms with Crippen LogP contribution in [0.2, 0.25) is 0 Å². The topological polar surface area (TPSA) is 95.5 Å². The van der Waals surface area contributed by atoms with Gasteiger partial charge in [0.25, 0.3) is 0 Å². The zero-order chi connectivity index (χ0) is 18.9. The van der Waals surface area contributed by atoms with Gasteiger partial charge in [0, 0.05) is 13.0 Å². The van der Waals surface area contributed by atoms with Crippen molar-refractivity contribution in [2.75, 3.05) is 13.7 Å². The van der Waals surface area contributed by atoms with Crippen molar-refractivity contribution >= 4 is 5.91 Å². The molecule has 2 fully saturated rings. The standard InChI is InChI=1S/C18H25NO7/c1-10(20)19-14-15(21)16-13(9-23-18(2,3)26-16)25-17(14)24-12-7-5-6-11(8-12)22-4/h5-8,13-17,21H,9H2,1-4H3,(H,19,20)/t13-,14+,15-,16+,17+/m1/s1. The monoisotopic (exact) mass is 367 g/mol. The van der Waals surface area contributed by atoms with Crippen LogP contribution >= 0.6 is 0 Å². The molecule has 3 rings (SSSR count).